The van der Waals surface area contributed by atoms with Crippen LogP contribution < -0.4 is 5.32 Å². The van der Waals surface area contributed by atoms with E-state index in [1.165, 1.54) is 25.7 Å². The molecule has 0 aromatic carbocycles. The van der Waals surface area contributed by atoms with Gasteiger partial charge in [-0.2, -0.15) is 0 Å². The van der Waals surface area contributed by atoms with Gasteiger partial charge in [0.2, 0.25) is 0 Å². The van der Waals surface area contributed by atoms with Crippen LogP contribution in [0.15, 0.2) is 0 Å². The smallest absolute Gasteiger partial charge is 0.0613 e. The summed E-state index contributed by atoms with van der Waals surface area (Å²) in [5.41, 5.74) is 0. The molecule has 0 radical (unpaired) electrons. The molecule has 0 aliphatic heterocycles. The molecule has 0 amide bonds. The number of methoxy groups -OCH3 is 1. The molecule has 0 aromatic rings. The zero-order valence-corrected chi connectivity index (χ0v) is 9.18. The normalized spacial score (nSPS) is 21.5. The van der Waals surface area contributed by atoms with E-state index in [0.717, 1.165) is 18.6 Å². The molecule has 1 fully saturated rings. The molecule has 2 nitrogen and oxygen atoms in total. The predicted octanol–water partition coefficient (Wildman–Crippen LogP) is 2.19. The lowest BCUT2D eigenvalue weighted by Crippen LogP contribution is -2.40. The highest BCUT2D eigenvalue weighted by Crippen LogP contribution is 2.34. The summed E-state index contributed by atoms with van der Waals surface area (Å²) in [5, 5.41) is 3.66. The van der Waals surface area contributed by atoms with Crippen molar-refractivity contribution in [3.8, 4) is 0 Å². The molecule has 0 aromatic heterocycles. The lowest BCUT2D eigenvalue weighted by molar-refractivity contribution is 0.163. The van der Waals surface area contributed by atoms with Gasteiger partial charge in [0.05, 0.1) is 6.61 Å². The summed E-state index contributed by atoms with van der Waals surface area (Å²) in [7, 11) is 1.77. The lowest BCUT2D eigenvalue weighted by Gasteiger charge is -2.22. The van der Waals surface area contributed by atoms with Crippen molar-refractivity contribution >= 4 is 0 Å². The second kappa shape index (κ2) is 5.61. The number of ether oxygens (including phenoxy) is 1. The van der Waals surface area contributed by atoms with Gasteiger partial charge < -0.3 is 10.1 Å². The van der Waals surface area contributed by atoms with Crippen LogP contribution in [-0.4, -0.2) is 25.8 Å². The SMILES string of the molecule is CCCC(NC(C)COC)C1CC1. The molecule has 2 atom stereocenters. The molecular weight excluding hydrogens is 162 g/mol. The number of hydrogen-bond acceptors (Lipinski definition) is 2. The van der Waals surface area contributed by atoms with Crippen molar-refractivity contribution in [1.82, 2.24) is 5.32 Å². The molecule has 1 rings (SSSR count). The number of hydrogen-bond donors (Lipinski definition) is 1. The van der Waals surface area contributed by atoms with Crippen molar-refractivity contribution in [3.63, 3.8) is 0 Å². The van der Waals surface area contributed by atoms with Crippen LogP contribution in [-0.2, 0) is 4.74 Å². The second-order valence-electron chi connectivity index (χ2n) is 4.26. The summed E-state index contributed by atoms with van der Waals surface area (Å²) in [6.45, 7) is 5.29. The van der Waals surface area contributed by atoms with E-state index >= 15 is 0 Å². The van der Waals surface area contributed by atoms with E-state index in [4.69, 9.17) is 4.74 Å². The van der Waals surface area contributed by atoms with Gasteiger partial charge in [0.1, 0.15) is 0 Å². The Hall–Kier alpha value is -0.0800. The average molecular weight is 185 g/mol. The van der Waals surface area contributed by atoms with Crippen molar-refractivity contribution in [2.24, 2.45) is 5.92 Å². The zero-order valence-electron chi connectivity index (χ0n) is 9.18. The average Bonchev–Trinajstić information content (AvgIpc) is 2.86. The minimum atomic E-state index is 0.502. The maximum Gasteiger partial charge on any atom is 0.0613 e. The largest absolute Gasteiger partial charge is 0.383 e. The van der Waals surface area contributed by atoms with Gasteiger partial charge >= 0.3 is 0 Å². The Morgan fingerprint density at radius 2 is 2.15 bits per heavy atom. The Bertz CT molecular complexity index is 134. The first-order valence-corrected chi connectivity index (χ1v) is 5.53. The standard InChI is InChI=1S/C11H23NO/c1-4-5-11(10-6-7-10)12-9(2)8-13-3/h9-12H,4-8H2,1-3H3. The fourth-order valence-electron chi connectivity index (χ4n) is 1.93. The minimum absolute atomic E-state index is 0.502. The van der Waals surface area contributed by atoms with Gasteiger partial charge in [-0.05, 0) is 32.1 Å². The van der Waals surface area contributed by atoms with Gasteiger partial charge in [0, 0.05) is 19.2 Å². The van der Waals surface area contributed by atoms with E-state index in [9.17, 15) is 0 Å². The van der Waals surface area contributed by atoms with E-state index in [0.29, 0.717) is 6.04 Å². The van der Waals surface area contributed by atoms with Crippen LogP contribution in [0.2, 0.25) is 0 Å². The second-order valence-corrected chi connectivity index (χ2v) is 4.26. The van der Waals surface area contributed by atoms with Crippen LogP contribution in [0.3, 0.4) is 0 Å². The van der Waals surface area contributed by atoms with Crippen LogP contribution in [0.1, 0.15) is 39.5 Å². The monoisotopic (exact) mass is 185 g/mol. The first kappa shape index (κ1) is 11.0. The minimum Gasteiger partial charge on any atom is -0.383 e. The summed E-state index contributed by atoms with van der Waals surface area (Å²) in [6.07, 6.45) is 5.46. The topological polar surface area (TPSA) is 21.3 Å². The van der Waals surface area contributed by atoms with Gasteiger partial charge in [-0.3, -0.25) is 0 Å². The molecule has 0 heterocycles. The van der Waals surface area contributed by atoms with E-state index in [1.807, 2.05) is 0 Å². The zero-order chi connectivity index (χ0) is 9.68. The van der Waals surface area contributed by atoms with E-state index in [1.54, 1.807) is 7.11 Å². The van der Waals surface area contributed by atoms with Crippen LogP contribution in [0.25, 0.3) is 0 Å². The quantitative estimate of drug-likeness (QED) is 0.656. The maximum absolute atomic E-state index is 5.12. The van der Waals surface area contributed by atoms with E-state index in [-0.39, 0.29) is 0 Å². The molecule has 2 heteroatoms. The van der Waals surface area contributed by atoms with Crippen LogP contribution in [0, 0.1) is 5.92 Å². The Balaban J connectivity index is 2.20. The predicted molar refractivity (Wildman–Crippen MR) is 55.9 cm³/mol. The van der Waals surface area contributed by atoms with Crippen LogP contribution >= 0.6 is 0 Å². The molecule has 13 heavy (non-hydrogen) atoms. The Labute approximate surface area is 82.0 Å². The summed E-state index contributed by atoms with van der Waals surface area (Å²) in [4.78, 5) is 0. The Kier molecular flexibility index (Phi) is 4.74. The van der Waals surface area contributed by atoms with E-state index < -0.39 is 0 Å². The summed E-state index contributed by atoms with van der Waals surface area (Å²) >= 11 is 0. The third-order valence-corrected chi connectivity index (χ3v) is 2.71. The fraction of sp³-hybridized carbons (Fsp3) is 1.00. The summed E-state index contributed by atoms with van der Waals surface area (Å²) in [6, 6.07) is 1.25. The van der Waals surface area contributed by atoms with Gasteiger partial charge in [-0.25, -0.2) is 0 Å². The molecule has 1 aliphatic rings. The summed E-state index contributed by atoms with van der Waals surface area (Å²) < 4.78 is 5.12. The molecule has 78 valence electrons. The number of nitrogens with one attached hydrogen (secondary N) is 1. The van der Waals surface area contributed by atoms with Crippen LogP contribution in [0.4, 0.5) is 0 Å². The molecule has 1 N–H and O–H groups in total. The molecule has 0 bridgehead atoms. The van der Waals surface area contributed by atoms with Crippen LogP contribution in [0.5, 0.6) is 0 Å². The number of rotatable bonds is 7. The highest BCUT2D eigenvalue weighted by atomic mass is 16.5. The van der Waals surface area contributed by atoms with Gasteiger partial charge in [-0.1, -0.05) is 13.3 Å². The first-order chi connectivity index (χ1) is 6.27. The molecule has 1 saturated carbocycles. The Morgan fingerprint density at radius 3 is 2.62 bits per heavy atom. The van der Waals surface area contributed by atoms with Crippen molar-refractivity contribution in [3.05, 3.63) is 0 Å². The Morgan fingerprint density at radius 1 is 1.46 bits per heavy atom. The fourth-order valence-corrected chi connectivity index (χ4v) is 1.93. The van der Waals surface area contributed by atoms with Crippen molar-refractivity contribution in [2.75, 3.05) is 13.7 Å². The van der Waals surface area contributed by atoms with Crippen molar-refractivity contribution < 1.29 is 4.74 Å². The lowest BCUT2D eigenvalue weighted by atomic mass is 10.1. The van der Waals surface area contributed by atoms with E-state index in [2.05, 4.69) is 19.2 Å². The summed E-state index contributed by atoms with van der Waals surface area (Å²) in [5.74, 6) is 0.958. The molecule has 1 aliphatic carbocycles. The molecule has 0 spiro atoms. The van der Waals surface area contributed by atoms with Crippen molar-refractivity contribution in [1.29, 1.82) is 0 Å². The highest BCUT2D eigenvalue weighted by molar-refractivity contribution is 4.87. The first-order valence-electron chi connectivity index (χ1n) is 5.53. The molecule has 2 unspecified atom stereocenters. The van der Waals surface area contributed by atoms with Gasteiger partial charge in [0.15, 0.2) is 0 Å². The third-order valence-electron chi connectivity index (χ3n) is 2.71. The highest BCUT2D eigenvalue weighted by Gasteiger charge is 2.30. The van der Waals surface area contributed by atoms with Crippen molar-refractivity contribution in [2.45, 2.75) is 51.6 Å². The van der Waals surface area contributed by atoms with Gasteiger partial charge in [-0.15, -0.1) is 0 Å². The third kappa shape index (κ3) is 4.10. The van der Waals surface area contributed by atoms with Gasteiger partial charge in [0.25, 0.3) is 0 Å². The maximum atomic E-state index is 5.12. The molecule has 0 saturated heterocycles. The molecular formula is C11H23NO.